The molecule has 14 heavy (non-hydrogen) atoms. The number of aromatic hydroxyl groups is 1. The number of aromatic nitrogens is 1. The number of hydrogen-bond acceptors (Lipinski definition) is 3. The van der Waals surface area contributed by atoms with Crippen molar-refractivity contribution in [3.63, 3.8) is 0 Å². The van der Waals surface area contributed by atoms with Crippen LogP contribution in [-0.4, -0.2) is 16.5 Å². The normalized spacial score (nSPS) is 11.5. The van der Waals surface area contributed by atoms with Crippen molar-refractivity contribution >= 4 is 11.6 Å². The van der Waals surface area contributed by atoms with Crippen molar-refractivity contribution in [2.45, 2.75) is 6.36 Å². The molecule has 8 heteroatoms. The monoisotopic (exact) mass is 231 g/mol. The molecule has 0 aliphatic carbocycles. The first-order valence-corrected chi connectivity index (χ1v) is 3.48. The predicted octanol–water partition coefficient (Wildman–Crippen LogP) is 2.48. The molecule has 0 aromatic carbocycles. The van der Waals surface area contributed by atoms with Crippen LogP contribution in [0.4, 0.5) is 17.6 Å². The Hall–Kier alpha value is -1.24. The molecule has 1 heterocycles. The highest BCUT2D eigenvalue weighted by Crippen LogP contribution is 2.32. The van der Waals surface area contributed by atoms with Gasteiger partial charge < -0.3 is 9.84 Å². The van der Waals surface area contributed by atoms with Gasteiger partial charge in [-0.3, -0.25) is 0 Å². The highest BCUT2D eigenvalue weighted by molar-refractivity contribution is 6.29. The van der Waals surface area contributed by atoms with Crippen molar-refractivity contribution in [1.82, 2.24) is 4.98 Å². The summed E-state index contributed by atoms with van der Waals surface area (Å²) < 4.78 is 50.7. The summed E-state index contributed by atoms with van der Waals surface area (Å²) >= 11 is 5.14. The zero-order valence-corrected chi connectivity index (χ0v) is 7.03. The van der Waals surface area contributed by atoms with Gasteiger partial charge in [0.15, 0.2) is 5.82 Å². The predicted molar refractivity (Wildman–Crippen MR) is 37.6 cm³/mol. The molecule has 1 rings (SSSR count). The summed E-state index contributed by atoms with van der Waals surface area (Å²) in [6, 6.07) is 0.556. The lowest BCUT2D eigenvalue weighted by Crippen LogP contribution is -2.18. The molecule has 0 atom stereocenters. The zero-order valence-electron chi connectivity index (χ0n) is 6.27. The molecule has 0 saturated heterocycles. The molecule has 1 N–H and O–H groups in total. The Labute approximate surface area is 79.9 Å². The molecular formula is C6H2ClF4NO2. The number of hydrogen-bond donors (Lipinski definition) is 1. The second-order valence-corrected chi connectivity index (χ2v) is 2.52. The average molecular weight is 232 g/mol. The zero-order chi connectivity index (χ0) is 10.9. The van der Waals surface area contributed by atoms with E-state index in [-0.39, 0.29) is 0 Å². The highest BCUT2D eigenvalue weighted by atomic mass is 35.5. The number of rotatable bonds is 1. The Morgan fingerprint density at radius 2 is 2.00 bits per heavy atom. The van der Waals surface area contributed by atoms with Crippen LogP contribution in [0.3, 0.4) is 0 Å². The van der Waals surface area contributed by atoms with Gasteiger partial charge in [-0.15, -0.1) is 13.2 Å². The van der Waals surface area contributed by atoms with Crippen LogP contribution in [0, 0.1) is 5.82 Å². The number of nitrogens with zero attached hydrogens (tertiary/aromatic N) is 1. The Morgan fingerprint density at radius 3 is 2.50 bits per heavy atom. The maximum absolute atomic E-state index is 12.6. The van der Waals surface area contributed by atoms with Gasteiger partial charge in [0, 0.05) is 6.07 Å². The molecule has 0 unspecified atom stereocenters. The van der Waals surface area contributed by atoms with Gasteiger partial charge in [-0.05, 0) is 0 Å². The lowest BCUT2D eigenvalue weighted by atomic mass is 10.4. The number of alkyl halides is 3. The van der Waals surface area contributed by atoms with Gasteiger partial charge in [0.05, 0.1) is 0 Å². The minimum Gasteiger partial charge on any atom is -0.501 e. The van der Waals surface area contributed by atoms with Crippen LogP contribution < -0.4 is 4.74 Å². The van der Waals surface area contributed by atoms with Crippen molar-refractivity contribution < 1.29 is 27.4 Å². The van der Waals surface area contributed by atoms with Crippen molar-refractivity contribution in [2.24, 2.45) is 0 Å². The summed E-state index contributed by atoms with van der Waals surface area (Å²) in [6.07, 6.45) is -5.07. The van der Waals surface area contributed by atoms with Crippen molar-refractivity contribution in [3.05, 3.63) is 17.0 Å². The molecular weight excluding hydrogens is 230 g/mol. The molecule has 78 valence electrons. The van der Waals surface area contributed by atoms with E-state index in [9.17, 15) is 17.6 Å². The third-order valence-corrected chi connectivity index (χ3v) is 1.29. The summed E-state index contributed by atoms with van der Waals surface area (Å²) in [5, 5.41) is 8.21. The Balaban J connectivity index is 3.09. The number of ether oxygens (including phenoxy) is 1. The van der Waals surface area contributed by atoms with Crippen LogP contribution in [0.2, 0.25) is 5.15 Å². The Bertz CT molecular complexity index is 354. The molecule has 1 aromatic heterocycles. The third-order valence-electron chi connectivity index (χ3n) is 1.10. The fourth-order valence-corrected chi connectivity index (χ4v) is 0.811. The molecule has 0 bridgehead atoms. The van der Waals surface area contributed by atoms with Gasteiger partial charge in [0.2, 0.25) is 5.75 Å². The maximum Gasteiger partial charge on any atom is 0.574 e. The van der Waals surface area contributed by atoms with Crippen LogP contribution in [0.25, 0.3) is 0 Å². The largest absolute Gasteiger partial charge is 0.574 e. The van der Waals surface area contributed by atoms with Crippen molar-refractivity contribution in [3.8, 4) is 11.6 Å². The molecule has 0 radical (unpaired) electrons. The van der Waals surface area contributed by atoms with Gasteiger partial charge in [-0.2, -0.15) is 4.98 Å². The quantitative estimate of drug-likeness (QED) is 0.596. The maximum atomic E-state index is 12.6. The van der Waals surface area contributed by atoms with Crippen LogP contribution in [0.1, 0.15) is 0 Å². The van der Waals surface area contributed by atoms with Gasteiger partial charge in [0.25, 0.3) is 5.88 Å². The molecule has 0 aliphatic heterocycles. The molecule has 0 saturated carbocycles. The van der Waals surface area contributed by atoms with E-state index in [0.29, 0.717) is 6.07 Å². The number of pyridine rings is 1. The van der Waals surface area contributed by atoms with E-state index in [0.717, 1.165) is 0 Å². The summed E-state index contributed by atoms with van der Waals surface area (Å²) in [6.45, 7) is 0. The Morgan fingerprint density at radius 1 is 1.43 bits per heavy atom. The Kier molecular flexibility index (Phi) is 2.70. The molecule has 0 fully saturated rings. The van der Waals surface area contributed by atoms with E-state index in [1.165, 1.54) is 0 Å². The SMILES string of the molecule is Oc1c(F)cc(Cl)nc1OC(F)(F)F. The minimum absolute atomic E-state index is 0.556. The van der Waals surface area contributed by atoms with Crippen LogP contribution >= 0.6 is 11.6 Å². The van der Waals surface area contributed by atoms with Gasteiger partial charge in [-0.25, -0.2) is 4.39 Å². The van der Waals surface area contributed by atoms with E-state index >= 15 is 0 Å². The standard InChI is InChI=1S/C6H2ClF4NO2/c7-3-1-2(8)4(13)5(12-3)14-6(9,10)11/h1,13H. The first-order valence-electron chi connectivity index (χ1n) is 3.10. The molecule has 1 aromatic rings. The summed E-state index contributed by atoms with van der Waals surface area (Å²) in [4.78, 5) is 2.95. The first kappa shape index (κ1) is 10.8. The van der Waals surface area contributed by atoms with Crippen molar-refractivity contribution in [2.75, 3.05) is 0 Å². The average Bonchev–Trinajstić information content (AvgIpc) is 1.96. The van der Waals surface area contributed by atoms with Crippen LogP contribution in [0.5, 0.6) is 11.6 Å². The minimum atomic E-state index is -5.07. The summed E-state index contributed by atoms with van der Waals surface area (Å²) in [5.74, 6) is -4.00. The lowest BCUT2D eigenvalue weighted by molar-refractivity contribution is -0.276. The highest BCUT2D eigenvalue weighted by Gasteiger charge is 2.34. The van der Waals surface area contributed by atoms with Crippen LogP contribution in [0.15, 0.2) is 6.07 Å². The van der Waals surface area contributed by atoms with E-state index in [2.05, 4.69) is 9.72 Å². The van der Waals surface area contributed by atoms with E-state index in [1.54, 1.807) is 0 Å². The van der Waals surface area contributed by atoms with E-state index < -0.39 is 29.0 Å². The second-order valence-electron chi connectivity index (χ2n) is 2.13. The first-order chi connectivity index (χ1) is 6.29. The fourth-order valence-electron chi connectivity index (χ4n) is 0.638. The second kappa shape index (κ2) is 3.49. The fraction of sp³-hybridized carbons (Fsp3) is 0.167. The third kappa shape index (κ3) is 2.63. The number of halogens is 5. The molecule has 0 spiro atoms. The molecule has 0 aliphatic rings. The van der Waals surface area contributed by atoms with Gasteiger partial charge in [0.1, 0.15) is 5.15 Å². The summed E-state index contributed by atoms with van der Waals surface area (Å²) in [5.41, 5.74) is 0. The van der Waals surface area contributed by atoms with E-state index in [4.69, 9.17) is 16.7 Å². The smallest absolute Gasteiger partial charge is 0.501 e. The van der Waals surface area contributed by atoms with Gasteiger partial charge in [-0.1, -0.05) is 11.6 Å². The molecule has 3 nitrogen and oxygen atoms in total. The molecule has 0 amide bonds. The van der Waals surface area contributed by atoms with Crippen molar-refractivity contribution in [1.29, 1.82) is 0 Å². The van der Waals surface area contributed by atoms with E-state index in [1.807, 2.05) is 0 Å². The lowest BCUT2D eigenvalue weighted by Gasteiger charge is -2.09. The topological polar surface area (TPSA) is 42.4 Å². The summed E-state index contributed by atoms with van der Waals surface area (Å²) in [7, 11) is 0. The van der Waals surface area contributed by atoms with Crippen LogP contribution in [-0.2, 0) is 0 Å². The van der Waals surface area contributed by atoms with Gasteiger partial charge >= 0.3 is 6.36 Å².